The topological polar surface area (TPSA) is 32.3 Å². The number of thiophene rings is 1. The standard InChI is InChI=1S/C10H15NOS/c1-7-2-3-10(13-7)6-11-8-4-9(12)5-8/h2-3,8-9,11-12H,4-6H2,1H3. The van der Waals surface area contributed by atoms with E-state index in [4.69, 9.17) is 5.11 Å². The lowest BCUT2D eigenvalue weighted by Gasteiger charge is -2.32. The second kappa shape index (κ2) is 3.78. The van der Waals surface area contributed by atoms with Crippen LogP contribution in [0.5, 0.6) is 0 Å². The summed E-state index contributed by atoms with van der Waals surface area (Å²) in [5, 5.41) is 12.5. The summed E-state index contributed by atoms with van der Waals surface area (Å²) < 4.78 is 0. The van der Waals surface area contributed by atoms with E-state index < -0.39 is 0 Å². The van der Waals surface area contributed by atoms with Gasteiger partial charge in [-0.2, -0.15) is 0 Å². The molecule has 0 spiro atoms. The molecule has 1 aliphatic rings. The van der Waals surface area contributed by atoms with Crippen LogP contribution in [-0.2, 0) is 6.54 Å². The first-order chi connectivity index (χ1) is 6.24. The number of hydrogen-bond donors (Lipinski definition) is 2. The minimum Gasteiger partial charge on any atom is -0.393 e. The highest BCUT2D eigenvalue weighted by Crippen LogP contribution is 2.21. The van der Waals surface area contributed by atoms with E-state index in [1.54, 1.807) is 0 Å². The SMILES string of the molecule is Cc1ccc(CNC2CC(O)C2)s1. The normalized spacial score (nSPS) is 27.2. The Morgan fingerprint density at radius 2 is 2.31 bits per heavy atom. The molecule has 13 heavy (non-hydrogen) atoms. The van der Waals surface area contributed by atoms with Gasteiger partial charge in [0.05, 0.1) is 6.10 Å². The predicted octanol–water partition coefficient (Wildman–Crippen LogP) is 1.67. The Hall–Kier alpha value is -0.380. The zero-order chi connectivity index (χ0) is 9.26. The van der Waals surface area contributed by atoms with Crippen LogP contribution in [0.1, 0.15) is 22.6 Å². The summed E-state index contributed by atoms with van der Waals surface area (Å²) in [6.45, 7) is 3.08. The summed E-state index contributed by atoms with van der Waals surface area (Å²) in [6, 6.07) is 4.86. The van der Waals surface area contributed by atoms with E-state index in [0.29, 0.717) is 6.04 Å². The van der Waals surface area contributed by atoms with Gasteiger partial charge in [-0.25, -0.2) is 0 Å². The van der Waals surface area contributed by atoms with Crippen LogP contribution in [0.15, 0.2) is 12.1 Å². The van der Waals surface area contributed by atoms with E-state index in [1.807, 2.05) is 11.3 Å². The van der Waals surface area contributed by atoms with Crippen LogP contribution in [0.2, 0.25) is 0 Å². The number of hydrogen-bond acceptors (Lipinski definition) is 3. The monoisotopic (exact) mass is 197 g/mol. The molecule has 0 saturated heterocycles. The van der Waals surface area contributed by atoms with Crippen molar-refractivity contribution in [1.29, 1.82) is 0 Å². The fraction of sp³-hybridized carbons (Fsp3) is 0.600. The molecule has 0 bridgehead atoms. The van der Waals surface area contributed by atoms with E-state index in [1.165, 1.54) is 9.75 Å². The first-order valence-corrected chi connectivity index (χ1v) is 5.52. The van der Waals surface area contributed by atoms with Crippen molar-refractivity contribution in [3.05, 3.63) is 21.9 Å². The molecular weight excluding hydrogens is 182 g/mol. The predicted molar refractivity (Wildman–Crippen MR) is 54.9 cm³/mol. The van der Waals surface area contributed by atoms with Crippen molar-refractivity contribution < 1.29 is 5.11 Å². The van der Waals surface area contributed by atoms with Gasteiger partial charge in [0.15, 0.2) is 0 Å². The Kier molecular flexibility index (Phi) is 2.67. The Bertz CT molecular complexity index is 278. The molecule has 0 amide bonds. The zero-order valence-corrected chi connectivity index (χ0v) is 8.60. The van der Waals surface area contributed by atoms with Gasteiger partial charge in [0.2, 0.25) is 0 Å². The van der Waals surface area contributed by atoms with Gasteiger partial charge in [0, 0.05) is 22.3 Å². The zero-order valence-electron chi connectivity index (χ0n) is 7.79. The number of rotatable bonds is 3. The molecule has 0 atom stereocenters. The summed E-state index contributed by atoms with van der Waals surface area (Å²) in [6.07, 6.45) is 1.79. The molecule has 0 radical (unpaired) electrons. The van der Waals surface area contributed by atoms with Crippen molar-refractivity contribution in [3.63, 3.8) is 0 Å². The Morgan fingerprint density at radius 1 is 1.54 bits per heavy atom. The van der Waals surface area contributed by atoms with E-state index in [2.05, 4.69) is 24.4 Å². The Labute approximate surface area is 82.6 Å². The molecule has 2 N–H and O–H groups in total. The maximum absolute atomic E-state index is 9.08. The quantitative estimate of drug-likeness (QED) is 0.772. The van der Waals surface area contributed by atoms with Crippen LogP contribution in [0.3, 0.4) is 0 Å². The lowest BCUT2D eigenvalue weighted by Crippen LogP contribution is -2.43. The number of nitrogens with one attached hydrogen (secondary N) is 1. The molecular formula is C10H15NOS. The fourth-order valence-corrected chi connectivity index (χ4v) is 2.42. The second-order valence-electron chi connectivity index (χ2n) is 3.72. The average molecular weight is 197 g/mol. The van der Waals surface area contributed by atoms with Crippen LogP contribution in [0, 0.1) is 6.92 Å². The first-order valence-electron chi connectivity index (χ1n) is 4.71. The Balaban J connectivity index is 1.74. The van der Waals surface area contributed by atoms with Gasteiger partial charge in [-0.1, -0.05) is 0 Å². The third-order valence-corrected chi connectivity index (χ3v) is 3.47. The minimum atomic E-state index is -0.0532. The molecule has 72 valence electrons. The van der Waals surface area contributed by atoms with Gasteiger partial charge >= 0.3 is 0 Å². The van der Waals surface area contributed by atoms with E-state index in [0.717, 1.165) is 19.4 Å². The van der Waals surface area contributed by atoms with Crippen molar-refractivity contribution in [3.8, 4) is 0 Å². The van der Waals surface area contributed by atoms with Crippen molar-refractivity contribution in [1.82, 2.24) is 5.32 Å². The first kappa shape index (κ1) is 9.19. The van der Waals surface area contributed by atoms with Gasteiger partial charge in [-0.05, 0) is 31.9 Å². The van der Waals surface area contributed by atoms with Gasteiger partial charge in [-0.15, -0.1) is 11.3 Å². The molecule has 1 saturated carbocycles. The van der Waals surface area contributed by atoms with Gasteiger partial charge < -0.3 is 10.4 Å². The van der Waals surface area contributed by atoms with Crippen molar-refractivity contribution in [2.24, 2.45) is 0 Å². The van der Waals surface area contributed by atoms with Crippen LogP contribution in [-0.4, -0.2) is 17.3 Å². The highest BCUT2D eigenvalue weighted by atomic mass is 32.1. The highest BCUT2D eigenvalue weighted by molar-refractivity contribution is 7.11. The van der Waals surface area contributed by atoms with E-state index in [9.17, 15) is 0 Å². The van der Waals surface area contributed by atoms with E-state index >= 15 is 0 Å². The molecule has 0 aliphatic heterocycles. The molecule has 1 aromatic heterocycles. The third kappa shape index (κ3) is 2.30. The summed E-state index contributed by atoms with van der Waals surface area (Å²) >= 11 is 1.84. The molecule has 3 heteroatoms. The summed E-state index contributed by atoms with van der Waals surface area (Å²) in [5.41, 5.74) is 0. The van der Waals surface area contributed by atoms with Crippen LogP contribution >= 0.6 is 11.3 Å². The van der Waals surface area contributed by atoms with Gasteiger partial charge in [0.1, 0.15) is 0 Å². The minimum absolute atomic E-state index is 0.0532. The third-order valence-electron chi connectivity index (χ3n) is 2.47. The van der Waals surface area contributed by atoms with Crippen molar-refractivity contribution >= 4 is 11.3 Å². The highest BCUT2D eigenvalue weighted by Gasteiger charge is 2.26. The van der Waals surface area contributed by atoms with Crippen LogP contribution in [0.4, 0.5) is 0 Å². The van der Waals surface area contributed by atoms with Gasteiger partial charge in [0.25, 0.3) is 0 Å². The second-order valence-corrected chi connectivity index (χ2v) is 5.09. The summed E-state index contributed by atoms with van der Waals surface area (Å²) in [5.74, 6) is 0. The number of aliphatic hydroxyl groups is 1. The Morgan fingerprint density at radius 3 is 2.85 bits per heavy atom. The maximum atomic E-state index is 9.08. The molecule has 1 aliphatic carbocycles. The number of aryl methyl sites for hydroxylation is 1. The molecule has 1 fully saturated rings. The smallest absolute Gasteiger partial charge is 0.0570 e. The van der Waals surface area contributed by atoms with Crippen LogP contribution < -0.4 is 5.32 Å². The van der Waals surface area contributed by atoms with Crippen molar-refractivity contribution in [2.75, 3.05) is 0 Å². The fourth-order valence-electron chi connectivity index (χ4n) is 1.58. The lowest BCUT2D eigenvalue weighted by atomic mass is 9.89. The molecule has 1 aromatic rings. The molecule has 1 heterocycles. The number of aliphatic hydroxyl groups excluding tert-OH is 1. The maximum Gasteiger partial charge on any atom is 0.0570 e. The van der Waals surface area contributed by atoms with Crippen molar-refractivity contribution in [2.45, 2.75) is 38.5 Å². The average Bonchev–Trinajstić information content (AvgIpc) is 2.43. The summed E-state index contributed by atoms with van der Waals surface area (Å²) in [7, 11) is 0. The lowest BCUT2D eigenvalue weighted by molar-refractivity contribution is 0.0620. The molecule has 0 unspecified atom stereocenters. The van der Waals surface area contributed by atoms with Gasteiger partial charge in [-0.3, -0.25) is 0 Å². The van der Waals surface area contributed by atoms with Crippen LogP contribution in [0.25, 0.3) is 0 Å². The molecule has 2 nitrogen and oxygen atoms in total. The van der Waals surface area contributed by atoms with E-state index in [-0.39, 0.29) is 6.10 Å². The molecule has 2 rings (SSSR count). The summed E-state index contributed by atoms with van der Waals surface area (Å²) in [4.78, 5) is 2.75. The largest absolute Gasteiger partial charge is 0.393 e. The molecule has 0 aromatic carbocycles.